The maximum atomic E-state index is 6.01. The molecule has 0 spiro atoms. The first kappa shape index (κ1) is 15.5. The SMILES string of the molecule is CCCNC(CCOCC)Cc1cccc(Cl)c1. The van der Waals surface area contributed by atoms with Crippen LogP contribution in [0.25, 0.3) is 0 Å². The standard InChI is InChI=1S/C15H24ClNO/c1-3-9-17-15(8-10-18-4-2)12-13-6-5-7-14(16)11-13/h5-7,11,15,17H,3-4,8-10,12H2,1-2H3. The highest BCUT2D eigenvalue weighted by Crippen LogP contribution is 2.13. The van der Waals surface area contributed by atoms with Gasteiger partial charge in [0.1, 0.15) is 0 Å². The lowest BCUT2D eigenvalue weighted by molar-refractivity contribution is 0.136. The van der Waals surface area contributed by atoms with Crippen molar-refractivity contribution in [1.29, 1.82) is 0 Å². The van der Waals surface area contributed by atoms with E-state index in [-0.39, 0.29) is 0 Å². The van der Waals surface area contributed by atoms with Crippen molar-refractivity contribution in [2.24, 2.45) is 0 Å². The zero-order chi connectivity index (χ0) is 13.2. The summed E-state index contributed by atoms with van der Waals surface area (Å²) in [6, 6.07) is 8.57. The number of benzene rings is 1. The topological polar surface area (TPSA) is 21.3 Å². The lowest BCUT2D eigenvalue weighted by Gasteiger charge is -2.18. The van der Waals surface area contributed by atoms with Crippen LogP contribution >= 0.6 is 11.6 Å². The van der Waals surface area contributed by atoms with Gasteiger partial charge in [0, 0.05) is 24.3 Å². The Morgan fingerprint density at radius 3 is 2.83 bits per heavy atom. The van der Waals surface area contributed by atoms with Crippen LogP contribution in [0.15, 0.2) is 24.3 Å². The molecule has 3 heteroatoms. The Morgan fingerprint density at radius 2 is 2.17 bits per heavy atom. The molecule has 102 valence electrons. The molecule has 0 radical (unpaired) electrons. The Labute approximate surface area is 116 Å². The van der Waals surface area contributed by atoms with Crippen molar-refractivity contribution in [2.75, 3.05) is 19.8 Å². The zero-order valence-corrected chi connectivity index (χ0v) is 12.2. The van der Waals surface area contributed by atoms with Crippen LogP contribution in [-0.2, 0) is 11.2 Å². The normalized spacial score (nSPS) is 12.6. The van der Waals surface area contributed by atoms with Gasteiger partial charge in [-0.1, -0.05) is 30.7 Å². The molecule has 0 fully saturated rings. The second-order valence-corrected chi connectivity index (χ2v) is 4.91. The van der Waals surface area contributed by atoms with Gasteiger partial charge in [-0.2, -0.15) is 0 Å². The highest BCUT2D eigenvalue weighted by atomic mass is 35.5. The Bertz CT molecular complexity index is 330. The van der Waals surface area contributed by atoms with Crippen molar-refractivity contribution < 1.29 is 4.74 Å². The molecule has 1 aromatic carbocycles. The minimum absolute atomic E-state index is 0.468. The van der Waals surface area contributed by atoms with E-state index in [4.69, 9.17) is 16.3 Å². The Hall–Kier alpha value is -0.570. The van der Waals surface area contributed by atoms with E-state index in [1.807, 2.05) is 25.1 Å². The van der Waals surface area contributed by atoms with Crippen molar-refractivity contribution in [1.82, 2.24) is 5.32 Å². The number of ether oxygens (including phenoxy) is 1. The molecule has 2 nitrogen and oxygen atoms in total. The van der Waals surface area contributed by atoms with E-state index in [0.29, 0.717) is 6.04 Å². The van der Waals surface area contributed by atoms with Gasteiger partial charge >= 0.3 is 0 Å². The van der Waals surface area contributed by atoms with Gasteiger partial charge in [-0.25, -0.2) is 0 Å². The first-order chi connectivity index (χ1) is 8.76. The van der Waals surface area contributed by atoms with E-state index in [1.54, 1.807) is 0 Å². The van der Waals surface area contributed by atoms with Gasteiger partial charge in [0.05, 0.1) is 0 Å². The molecular weight excluding hydrogens is 246 g/mol. The van der Waals surface area contributed by atoms with Gasteiger partial charge < -0.3 is 10.1 Å². The third-order valence-corrected chi connectivity index (χ3v) is 3.10. The molecule has 0 saturated carbocycles. The molecule has 1 atom stereocenters. The Balaban J connectivity index is 2.48. The van der Waals surface area contributed by atoms with Crippen LogP contribution in [-0.4, -0.2) is 25.8 Å². The number of hydrogen-bond donors (Lipinski definition) is 1. The summed E-state index contributed by atoms with van der Waals surface area (Å²) in [5, 5.41) is 4.38. The van der Waals surface area contributed by atoms with E-state index in [2.05, 4.69) is 18.3 Å². The van der Waals surface area contributed by atoms with E-state index in [0.717, 1.165) is 44.0 Å². The van der Waals surface area contributed by atoms with E-state index in [1.165, 1.54) is 5.56 Å². The lowest BCUT2D eigenvalue weighted by Crippen LogP contribution is -2.33. The van der Waals surface area contributed by atoms with Gasteiger partial charge in [0.25, 0.3) is 0 Å². The molecule has 0 bridgehead atoms. The van der Waals surface area contributed by atoms with Crippen LogP contribution in [0.3, 0.4) is 0 Å². The van der Waals surface area contributed by atoms with Gasteiger partial charge in [0.2, 0.25) is 0 Å². The predicted octanol–water partition coefficient (Wildman–Crippen LogP) is 3.68. The highest BCUT2D eigenvalue weighted by molar-refractivity contribution is 6.30. The van der Waals surface area contributed by atoms with Crippen molar-refractivity contribution in [3.8, 4) is 0 Å². The highest BCUT2D eigenvalue weighted by Gasteiger charge is 2.09. The molecule has 0 aromatic heterocycles. The molecule has 0 aliphatic carbocycles. The number of rotatable bonds is 9. The number of hydrogen-bond acceptors (Lipinski definition) is 2. The van der Waals surface area contributed by atoms with E-state index in [9.17, 15) is 0 Å². The van der Waals surface area contributed by atoms with Crippen molar-refractivity contribution >= 4 is 11.6 Å². The van der Waals surface area contributed by atoms with Gasteiger partial charge in [-0.15, -0.1) is 0 Å². The summed E-state index contributed by atoms with van der Waals surface area (Å²) in [6.45, 7) is 6.88. The average Bonchev–Trinajstić information content (AvgIpc) is 2.36. The summed E-state index contributed by atoms with van der Waals surface area (Å²) < 4.78 is 5.44. The predicted molar refractivity (Wildman–Crippen MR) is 78.3 cm³/mol. The Morgan fingerprint density at radius 1 is 1.33 bits per heavy atom. The summed E-state index contributed by atoms with van der Waals surface area (Å²) in [5.74, 6) is 0. The fourth-order valence-electron chi connectivity index (χ4n) is 1.94. The van der Waals surface area contributed by atoms with Crippen molar-refractivity contribution in [2.45, 2.75) is 39.2 Å². The number of nitrogens with one attached hydrogen (secondary N) is 1. The molecule has 0 aliphatic rings. The first-order valence-electron chi connectivity index (χ1n) is 6.81. The average molecular weight is 270 g/mol. The molecule has 0 heterocycles. The van der Waals surface area contributed by atoms with Crippen LogP contribution in [0.1, 0.15) is 32.3 Å². The fraction of sp³-hybridized carbons (Fsp3) is 0.600. The smallest absolute Gasteiger partial charge is 0.0480 e. The first-order valence-corrected chi connectivity index (χ1v) is 7.19. The van der Waals surface area contributed by atoms with Crippen LogP contribution < -0.4 is 5.32 Å². The third-order valence-electron chi connectivity index (χ3n) is 2.87. The van der Waals surface area contributed by atoms with Crippen LogP contribution in [0.2, 0.25) is 5.02 Å². The minimum Gasteiger partial charge on any atom is -0.382 e. The zero-order valence-electron chi connectivity index (χ0n) is 11.4. The fourth-order valence-corrected chi connectivity index (χ4v) is 2.16. The van der Waals surface area contributed by atoms with Crippen molar-refractivity contribution in [3.63, 3.8) is 0 Å². The second-order valence-electron chi connectivity index (χ2n) is 4.47. The molecule has 0 amide bonds. The second kappa shape index (κ2) is 9.37. The third kappa shape index (κ3) is 6.39. The molecule has 0 saturated heterocycles. The molecule has 1 unspecified atom stereocenters. The summed E-state index contributed by atoms with van der Waals surface area (Å²) in [6.07, 6.45) is 3.20. The summed E-state index contributed by atoms with van der Waals surface area (Å²) in [5.41, 5.74) is 1.28. The van der Waals surface area contributed by atoms with Gasteiger partial charge in [0.15, 0.2) is 0 Å². The summed E-state index contributed by atoms with van der Waals surface area (Å²) in [7, 11) is 0. The van der Waals surface area contributed by atoms with Crippen LogP contribution in [0, 0.1) is 0 Å². The van der Waals surface area contributed by atoms with E-state index < -0.39 is 0 Å². The summed E-state index contributed by atoms with van der Waals surface area (Å²) >= 11 is 6.01. The quantitative estimate of drug-likeness (QED) is 0.691. The Kier molecular flexibility index (Phi) is 8.06. The molecule has 18 heavy (non-hydrogen) atoms. The molecule has 1 N–H and O–H groups in total. The lowest BCUT2D eigenvalue weighted by atomic mass is 10.0. The van der Waals surface area contributed by atoms with Gasteiger partial charge in [-0.3, -0.25) is 0 Å². The van der Waals surface area contributed by atoms with Crippen molar-refractivity contribution in [3.05, 3.63) is 34.9 Å². The minimum atomic E-state index is 0.468. The maximum absolute atomic E-state index is 6.01. The largest absolute Gasteiger partial charge is 0.382 e. The molecule has 1 aromatic rings. The monoisotopic (exact) mass is 269 g/mol. The molecule has 1 rings (SSSR count). The van der Waals surface area contributed by atoms with Crippen LogP contribution in [0.5, 0.6) is 0 Å². The van der Waals surface area contributed by atoms with Crippen LogP contribution in [0.4, 0.5) is 0 Å². The summed E-state index contributed by atoms with van der Waals surface area (Å²) in [4.78, 5) is 0. The molecular formula is C15H24ClNO. The van der Waals surface area contributed by atoms with E-state index >= 15 is 0 Å². The maximum Gasteiger partial charge on any atom is 0.0480 e. The van der Waals surface area contributed by atoms with Gasteiger partial charge in [-0.05, 0) is 50.4 Å². The molecule has 0 aliphatic heterocycles. The number of halogens is 1.